The van der Waals surface area contributed by atoms with Crippen LogP contribution in [0.5, 0.6) is 5.75 Å². The second-order valence-electron chi connectivity index (χ2n) is 12.2. The lowest BCUT2D eigenvalue weighted by atomic mass is 9.74. The molecule has 1 saturated heterocycles. The van der Waals surface area contributed by atoms with Gasteiger partial charge in [-0.1, -0.05) is 78.9 Å². The lowest BCUT2D eigenvalue weighted by Crippen LogP contribution is -2.49. The second kappa shape index (κ2) is 11.3. The molecule has 0 unspecified atom stereocenters. The molecule has 5 heteroatoms. The van der Waals surface area contributed by atoms with E-state index in [0.717, 1.165) is 51.6 Å². The highest BCUT2D eigenvalue weighted by Crippen LogP contribution is 2.51. The molecule has 0 radical (unpaired) electrons. The smallest absolute Gasteiger partial charge is 0.225 e. The molecule has 0 aliphatic carbocycles. The predicted molar refractivity (Wildman–Crippen MR) is 163 cm³/mol. The summed E-state index contributed by atoms with van der Waals surface area (Å²) in [5.41, 5.74) is 4.06. The van der Waals surface area contributed by atoms with Gasteiger partial charge in [-0.25, -0.2) is 0 Å². The van der Waals surface area contributed by atoms with Gasteiger partial charge in [0.2, 0.25) is 5.91 Å². The van der Waals surface area contributed by atoms with Gasteiger partial charge in [0, 0.05) is 24.6 Å². The molecule has 1 fully saturated rings. The van der Waals surface area contributed by atoms with Gasteiger partial charge in [-0.15, -0.1) is 0 Å². The zero-order valence-electron chi connectivity index (χ0n) is 24.1. The van der Waals surface area contributed by atoms with Crippen molar-refractivity contribution in [3.05, 3.63) is 102 Å². The van der Waals surface area contributed by atoms with Crippen LogP contribution in [0.2, 0.25) is 0 Å². The highest BCUT2D eigenvalue weighted by Gasteiger charge is 2.48. The Hall–Kier alpha value is -3.67. The summed E-state index contributed by atoms with van der Waals surface area (Å²) in [4.78, 5) is 15.6. The van der Waals surface area contributed by atoms with Crippen molar-refractivity contribution < 1.29 is 19.4 Å². The fourth-order valence-corrected chi connectivity index (χ4v) is 6.61. The number of hydrogen-bond donors (Lipinski definition) is 1. The zero-order valence-corrected chi connectivity index (χ0v) is 24.1. The molecule has 6 rings (SSSR count). The minimum atomic E-state index is -0.620. The number of aliphatic hydroxyl groups is 1. The molecule has 0 aromatic heterocycles. The first-order valence-corrected chi connectivity index (χ1v) is 14.7. The first kappa shape index (κ1) is 27.5. The Balaban J connectivity index is 1.23. The van der Waals surface area contributed by atoms with E-state index in [0.29, 0.717) is 6.54 Å². The zero-order chi connectivity index (χ0) is 28.6. The van der Waals surface area contributed by atoms with Crippen LogP contribution < -0.4 is 4.74 Å². The molecule has 2 aliphatic heterocycles. The number of aliphatic hydroxyl groups excluding tert-OH is 1. The third-order valence-electron chi connectivity index (χ3n) is 8.67. The van der Waals surface area contributed by atoms with Crippen molar-refractivity contribution in [2.45, 2.75) is 70.5 Å². The molecule has 0 saturated carbocycles. The Morgan fingerprint density at radius 1 is 0.951 bits per heavy atom. The summed E-state index contributed by atoms with van der Waals surface area (Å²) in [5.74, 6) is 1.05. The topological polar surface area (TPSA) is 59.0 Å². The maximum atomic E-state index is 13.8. The molecule has 0 bridgehead atoms. The molecule has 1 N–H and O–H groups in total. The first-order valence-electron chi connectivity index (χ1n) is 14.7. The lowest BCUT2D eigenvalue weighted by molar-refractivity contribution is -0.160. The third-order valence-corrected chi connectivity index (χ3v) is 8.67. The largest absolute Gasteiger partial charge is 0.487 e. The normalized spacial score (nSPS) is 21.8. The summed E-state index contributed by atoms with van der Waals surface area (Å²) in [7, 11) is 0. The van der Waals surface area contributed by atoms with Crippen molar-refractivity contribution in [3.63, 3.8) is 0 Å². The van der Waals surface area contributed by atoms with E-state index >= 15 is 0 Å². The van der Waals surface area contributed by atoms with Crippen LogP contribution in [0.4, 0.5) is 0 Å². The van der Waals surface area contributed by atoms with E-state index < -0.39 is 6.10 Å². The van der Waals surface area contributed by atoms with Gasteiger partial charge in [0.25, 0.3) is 0 Å². The van der Waals surface area contributed by atoms with Crippen LogP contribution in [0.25, 0.3) is 21.9 Å². The second-order valence-corrected chi connectivity index (χ2v) is 12.2. The van der Waals surface area contributed by atoms with Crippen LogP contribution in [-0.2, 0) is 16.1 Å². The van der Waals surface area contributed by atoms with E-state index in [4.69, 9.17) is 9.47 Å². The Morgan fingerprint density at radius 3 is 2.51 bits per heavy atom. The fraction of sp³-hybridized carbons (Fsp3) is 0.361. The number of nitrogens with zero attached hydrogens (tertiary/aromatic N) is 1. The average Bonchev–Trinajstić information content (AvgIpc) is 2.97. The summed E-state index contributed by atoms with van der Waals surface area (Å²) < 4.78 is 13.3. The van der Waals surface area contributed by atoms with E-state index in [1.165, 1.54) is 0 Å². The molecule has 4 atom stereocenters. The van der Waals surface area contributed by atoms with Crippen LogP contribution in [-0.4, -0.2) is 40.3 Å². The molecule has 1 amide bonds. The quantitative estimate of drug-likeness (QED) is 0.263. The summed E-state index contributed by atoms with van der Waals surface area (Å²) in [6.07, 6.45) is 1.04. The number of benzene rings is 4. The van der Waals surface area contributed by atoms with Crippen molar-refractivity contribution in [1.82, 2.24) is 4.90 Å². The minimum Gasteiger partial charge on any atom is -0.487 e. The van der Waals surface area contributed by atoms with Crippen molar-refractivity contribution in [1.29, 1.82) is 0 Å². The molecular weight excluding hydrogens is 510 g/mol. The van der Waals surface area contributed by atoms with Gasteiger partial charge in [-0.3, -0.25) is 4.79 Å². The Kier molecular flexibility index (Phi) is 7.58. The number of fused-ring (bicyclic) bond motifs is 4. The molecule has 0 spiro atoms. The molecule has 2 heterocycles. The Labute approximate surface area is 242 Å². The van der Waals surface area contributed by atoms with Gasteiger partial charge in [0.15, 0.2) is 0 Å². The number of carbonyl (C=O) groups is 1. The van der Waals surface area contributed by atoms with Gasteiger partial charge in [-0.05, 0) is 73.2 Å². The Morgan fingerprint density at radius 2 is 1.71 bits per heavy atom. The van der Waals surface area contributed by atoms with Crippen molar-refractivity contribution in [3.8, 4) is 16.9 Å². The maximum Gasteiger partial charge on any atom is 0.225 e. The molecule has 41 heavy (non-hydrogen) atoms. The Bertz CT molecular complexity index is 1520. The van der Waals surface area contributed by atoms with Crippen LogP contribution in [0.1, 0.15) is 57.3 Å². The van der Waals surface area contributed by atoms with E-state index in [9.17, 15) is 9.90 Å². The van der Waals surface area contributed by atoms with Gasteiger partial charge < -0.3 is 19.5 Å². The summed E-state index contributed by atoms with van der Waals surface area (Å²) in [5, 5.41) is 12.5. The van der Waals surface area contributed by atoms with E-state index in [1.807, 2.05) is 36.4 Å². The average molecular weight is 550 g/mol. The van der Waals surface area contributed by atoms with Gasteiger partial charge in [0.05, 0.1) is 24.7 Å². The number of rotatable bonds is 7. The predicted octanol–water partition coefficient (Wildman–Crippen LogP) is 7.31. The molecular formula is C36H39NO4. The van der Waals surface area contributed by atoms with E-state index in [-0.39, 0.29) is 42.6 Å². The highest BCUT2D eigenvalue weighted by atomic mass is 16.5. The highest BCUT2D eigenvalue weighted by molar-refractivity contribution is 5.86. The molecule has 4 aromatic carbocycles. The minimum absolute atomic E-state index is 0.00636. The number of carbonyl (C=O) groups excluding carboxylic acids is 1. The van der Waals surface area contributed by atoms with Crippen LogP contribution in [0.15, 0.2) is 91.0 Å². The first-order chi connectivity index (χ1) is 19.8. The maximum absolute atomic E-state index is 13.8. The van der Waals surface area contributed by atoms with Gasteiger partial charge in [-0.2, -0.15) is 0 Å². The molecule has 4 aromatic rings. The monoisotopic (exact) mass is 549 g/mol. The van der Waals surface area contributed by atoms with Crippen molar-refractivity contribution >= 4 is 16.7 Å². The summed E-state index contributed by atoms with van der Waals surface area (Å²) >= 11 is 0. The number of ether oxygens (including phenoxy) is 2. The lowest BCUT2D eigenvalue weighted by Gasteiger charge is -2.49. The molecule has 5 nitrogen and oxygen atoms in total. The van der Waals surface area contributed by atoms with Crippen molar-refractivity contribution in [2.24, 2.45) is 5.92 Å². The standard InChI is InChI=1S/C36H39NO4/c1-24(38)22-37(23-28-14-9-13-26-12-7-8-15-30(26)28)34(39)21-29-17-18-32-35(40-29)31-20-27(25-10-5-4-6-11-25)16-19-33(31)41-36(32,2)3/h4-16,19-20,24,29,32,35,38H,17-18,21-23H2,1-3H3/t24-,29+,32-,35+/m1/s1. The number of amides is 1. The van der Waals surface area contributed by atoms with E-state index in [1.54, 1.807) is 11.8 Å². The van der Waals surface area contributed by atoms with Gasteiger partial charge in [0.1, 0.15) is 11.4 Å². The molecule has 212 valence electrons. The SMILES string of the molecule is C[C@@H](O)CN(Cc1cccc2ccccc12)C(=O)C[C@@H]1CC[C@@H]2[C@@H](O1)c1cc(-c3ccccc3)ccc1OC2(C)C. The fourth-order valence-electron chi connectivity index (χ4n) is 6.61. The van der Waals surface area contributed by atoms with E-state index in [2.05, 4.69) is 68.4 Å². The molecule has 2 aliphatic rings. The third kappa shape index (κ3) is 5.74. The number of hydrogen-bond acceptors (Lipinski definition) is 4. The summed E-state index contributed by atoms with van der Waals surface area (Å²) in [6.45, 7) is 6.75. The van der Waals surface area contributed by atoms with Gasteiger partial charge >= 0.3 is 0 Å². The van der Waals surface area contributed by atoms with Crippen molar-refractivity contribution in [2.75, 3.05) is 6.54 Å². The van der Waals surface area contributed by atoms with Crippen LogP contribution in [0, 0.1) is 5.92 Å². The summed E-state index contributed by atoms with van der Waals surface area (Å²) in [6, 6.07) is 31.1. The van der Waals surface area contributed by atoms with Crippen LogP contribution in [0.3, 0.4) is 0 Å². The van der Waals surface area contributed by atoms with Crippen LogP contribution >= 0.6 is 0 Å².